The van der Waals surface area contributed by atoms with Crippen molar-refractivity contribution in [2.24, 2.45) is 10.9 Å². The minimum atomic E-state index is -0.434. The highest BCUT2D eigenvalue weighted by atomic mass is 16.4. The molecule has 1 aromatic carbocycles. The van der Waals surface area contributed by atoms with Crippen LogP contribution in [0.2, 0.25) is 0 Å². The Morgan fingerprint density at radius 3 is 2.56 bits per heavy atom. The number of rotatable bonds is 4. The van der Waals surface area contributed by atoms with E-state index in [-0.39, 0.29) is 12.4 Å². The van der Waals surface area contributed by atoms with Crippen LogP contribution >= 0.6 is 0 Å². The van der Waals surface area contributed by atoms with E-state index < -0.39 is 5.54 Å². The topological polar surface area (TPSA) is 82.1 Å². The number of anilines is 1. The van der Waals surface area contributed by atoms with Crippen molar-refractivity contribution in [1.29, 1.82) is 0 Å². The van der Waals surface area contributed by atoms with Crippen molar-refractivity contribution in [1.82, 2.24) is 0 Å². The van der Waals surface area contributed by atoms with Crippen molar-refractivity contribution < 1.29 is 10.3 Å². The lowest BCUT2D eigenvalue weighted by Crippen LogP contribution is -2.45. The molecule has 0 saturated heterocycles. The molecular formula is C13H21N3O2. The number of hydrogen-bond donors (Lipinski definition) is 3. The van der Waals surface area contributed by atoms with E-state index in [2.05, 4.69) is 5.16 Å². The number of aliphatic hydroxyl groups is 1. The molecule has 18 heavy (non-hydrogen) atoms. The highest BCUT2D eigenvalue weighted by molar-refractivity contribution is 6.02. The van der Waals surface area contributed by atoms with Gasteiger partial charge in [-0.15, -0.1) is 0 Å². The van der Waals surface area contributed by atoms with Crippen LogP contribution in [-0.2, 0) is 0 Å². The minimum absolute atomic E-state index is 0.00739. The van der Waals surface area contributed by atoms with Crippen LogP contribution < -0.4 is 10.6 Å². The van der Waals surface area contributed by atoms with Crippen molar-refractivity contribution in [2.75, 3.05) is 18.6 Å². The monoisotopic (exact) mass is 251 g/mol. The SMILES string of the molecule is Cc1cccc(/C(N)=N/O)c1N(C)C(C)(C)CO. The second kappa shape index (κ2) is 5.27. The van der Waals surface area contributed by atoms with Crippen LogP contribution in [0.3, 0.4) is 0 Å². The maximum atomic E-state index is 9.45. The number of aryl methyl sites for hydroxylation is 1. The molecule has 0 amide bonds. The van der Waals surface area contributed by atoms with Gasteiger partial charge in [-0.1, -0.05) is 17.3 Å². The fourth-order valence-electron chi connectivity index (χ4n) is 1.77. The number of nitrogens with zero attached hydrogens (tertiary/aromatic N) is 2. The third kappa shape index (κ3) is 2.56. The Hall–Kier alpha value is -1.75. The molecule has 0 unspecified atom stereocenters. The van der Waals surface area contributed by atoms with E-state index in [9.17, 15) is 5.11 Å². The first kappa shape index (κ1) is 14.3. The molecule has 1 rings (SSSR count). The number of nitrogens with two attached hydrogens (primary N) is 1. The zero-order valence-corrected chi connectivity index (χ0v) is 11.3. The fourth-order valence-corrected chi connectivity index (χ4v) is 1.77. The quantitative estimate of drug-likeness (QED) is 0.326. The second-order valence-corrected chi connectivity index (χ2v) is 4.99. The molecule has 0 aliphatic heterocycles. The Labute approximate surface area is 108 Å². The van der Waals surface area contributed by atoms with Gasteiger partial charge in [0.15, 0.2) is 5.84 Å². The number of amidine groups is 1. The fraction of sp³-hybridized carbons (Fsp3) is 0.462. The van der Waals surface area contributed by atoms with Gasteiger partial charge in [-0.05, 0) is 32.4 Å². The predicted octanol–water partition coefficient (Wildman–Crippen LogP) is 1.30. The van der Waals surface area contributed by atoms with E-state index in [4.69, 9.17) is 10.9 Å². The van der Waals surface area contributed by atoms with E-state index in [1.54, 1.807) is 6.07 Å². The van der Waals surface area contributed by atoms with E-state index in [0.29, 0.717) is 5.56 Å². The average Bonchev–Trinajstić information content (AvgIpc) is 2.36. The van der Waals surface area contributed by atoms with Crippen molar-refractivity contribution >= 4 is 11.5 Å². The summed E-state index contributed by atoms with van der Waals surface area (Å²) < 4.78 is 0. The second-order valence-electron chi connectivity index (χ2n) is 4.99. The molecule has 5 heteroatoms. The maximum absolute atomic E-state index is 9.45. The zero-order valence-electron chi connectivity index (χ0n) is 11.3. The van der Waals surface area contributed by atoms with E-state index >= 15 is 0 Å². The third-order valence-corrected chi connectivity index (χ3v) is 3.25. The number of para-hydroxylation sites is 1. The van der Waals surface area contributed by atoms with Crippen molar-refractivity contribution in [2.45, 2.75) is 26.3 Å². The number of benzene rings is 1. The van der Waals surface area contributed by atoms with Gasteiger partial charge in [0.05, 0.1) is 17.8 Å². The van der Waals surface area contributed by atoms with Gasteiger partial charge < -0.3 is 20.9 Å². The van der Waals surface area contributed by atoms with Gasteiger partial charge in [0.25, 0.3) is 0 Å². The molecule has 0 atom stereocenters. The smallest absolute Gasteiger partial charge is 0.172 e. The highest BCUT2D eigenvalue weighted by Gasteiger charge is 2.26. The highest BCUT2D eigenvalue weighted by Crippen LogP contribution is 2.29. The number of likely N-dealkylation sites (N-methyl/N-ethyl adjacent to an activating group) is 1. The molecule has 100 valence electrons. The van der Waals surface area contributed by atoms with Crippen LogP contribution in [-0.4, -0.2) is 35.3 Å². The molecule has 0 radical (unpaired) electrons. The van der Waals surface area contributed by atoms with Crippen molar-refractivity contribution in [3.63, 3.8) is 0 Å². The summed E-state index contributed by atoms with van der Waals surface area (Å²) in [6.45, 7) is 5.81. The lowest BCUT2D eigenvalue weighted by atomic mass is 9.99. The molecular weight excluding hydrogens is 230 g/mol. The van der Waals surface area contributed by atoms with Crippen LogP contribution in [0.15, 0.2) is 23.4 Å². The molecule has 0 saturated carbocycles. The average molecular weight is 251 g/mol. The zero-order chi connectivity index (χ0) is 13.9. The summed E-state index contributed by atoms with van der Waals surface area (Å²) in [7, 11) is 1.88. The molecule has 5 nitrogen and oxygen atoms in total. The van der Waals surface area contributed by atoms with E-state index in [1.165, 1.54) is 0 Å². The summed E-state index contributed by atoms with van der Waals surface area (Å²) in [5.41, 5.74) is 7.77. The van der Waals surface area contributed by atoms with Gasteiger partial charge >= 0.3 is 0 Å². The molecule has 0 bridgehead atoms. The summed E-state index contributed by atoms with van der Waals surface area (Å²) in [4.78, 5) is 1.94. The van der Waals surface area contributed by atoms with Gasteiger partial charge in [-0.3, -0.25) is 0 Å². The minimum Gasteiger partial charge on any atom is -0.409 e. The van der Waals surface area contributed by atoms with Crippen LogP contribution in [0.1, 0.15) is 25.0 Å². The van der Waals surface area contributed by atoms with Crippen molar-refractivity contribution in [3.05, 3.63) is 29.3 Å². The van der Waals surface area contributed by atoms with Gasteiger partial charge in [0.2, 0.25) is 0 Å². The lowest BCUT2D eigenvalue weighted by Gasteiger charge is -2.37. The van der Waals surface area contributed by atoms with Crippen LogP contribution in [0.25, 0.3) is 0 Å². The first-order chi connectivity index (χ1) is 8.35. The number of oxime groups is 1. The molecule has 0 heterocycles. The van der Waals surface area contributed by atoms with E-state index in [1.807, 2.05) is 44.9 Å². The number of aliphatic hydroxyl groups excluding tert-OH is 1. The summed E-state index contributed by atoms with van der Waals surface area (Å²) in [5.74, 6) is 0.0642. The Morgan fingerprint density at radius 1 is 1.44 bits per heavy atom. The largest absolute Gasteiger partial charge is 0.409 e. The van der Waals surface area contributed by atoms with Gasteiger partial charge in [0, 0.05) is 12.6 Å². The van der Waals surface area contributed by atoms with Crippen LogP contribution in [0, 0.1) is 6.92 Å². The van der Waals surface area contributed by atoms with Gasteiger partial charge in [-0.25, -0.2) is 0 Å². The standard InChI is InChI=1S/C13H21N3O2/c1-9-6-5-7-10(12(14)15-18)11(9)16(4)13(2,3)8-17/h5-7,17-18H,8H2,1-4H3,(H2,14,15). The molecule has 0 fully saturated rings. The van der Waals surface area contributed by atoms with Gasteiger partial charge in [-0.2, -0.15) is 0 Å². The summed E-state index contributed by atoms with van der Waals surface area (Å²) >= 11 is 0. The molecule has 1 aromatic rings. The molecule has 0 aromatic heterocycles. The summed E-state index contributed by atoms with van der Waals surface area (Å²) in [6.07, 6.45) is 0. The number of hydrogen-bond acceptors (Lipinski definition) is 4. The lowest BCUT2D eigenvalue weighted by molar-refractivity contribution is 0.216. The maximum Gasteiger partial charge on any atom is 0.172 e. The molecule has 0 spiro atoms. The Morgan fingerprint density at radius 2 is 2.06 bits per heavy atom. The first-order valence-electron chi connectivity index (χ1n) is 5.77. The molecule has 4 N–H and O–H groups in total. The molecule has 0 aliphatic rings. The predicted molar refractivity (Wildman–Crippen MR) is 73.3 cm³/mol. The Kier molecular flexibility index (Phi) is 4.19. The van der Waals surface area contributed by atoms with Crippen molar-refractivity contribution in [3.8, 4) is 0 Å². The Balaban J connectivity index is 3.39. The van der Waals surface area contributed by atoms with Crippen LogP contribution in [0.4, 0.5) is 5.69 Å². The normalized spacial score (nSPS) is 12.6. The first-order valence-corrected chi connectivity index (χ1v) is 5.77. The summed E-state index contributed by atoms with van der Waals surface area (Å²) in [6, 6.07) is 5.60. The third-order valence-electron chi connectivity index (χ3n) is 3.25. The summed E-state index contributed by atoms with van der Waals surface area (Å²) in [5, 5.41) is 21.3. The molecule has 0 aliphatic carbocycles. The Bertz CT molecular complexity index is 456. The van der Waals surface area contributed by atoms with Crippen LogP contribution in [0.5, 0.6) is 0 Å². The van der Waals surface area contributed by atoms with Gasteiger partial charge in [0.1, 0.15) is 0 Å². The van der Waals surface area contributed by atoms with E-state index in [0.717, 1.165) is 11.3 Å².